The second-order valence-electron chi connectivity index (χ2n) is 5.64. The molecular formula is C17H27ClIN3O2. The summed E-state index contributed by atoms with van der Waals surface area (Å²) in [6.07, 6.45) is 2.07. The summed E-state index contributed by atoms with van der Waals surface area (Å²) in [7, 11) is 1.77. The molecule has 1 heterocycles. The van der Waals surface area contributed by atoms with E-state index < -0.39 is 0 Å². The van der Waals surface area contributed by atoms with Crippen molar-refractivity contribution in [2.45, 2.75) is 19.4 Å². The molecule has 0 saturated carbocycles. The number of guanidine groups is 1. The Kier molecular flexibility index (Phi) is 11.4. The molecule has 0 bridgehead atoms. The summed E-state index contributed by atoms with van der Waals surface area (Å²) in [5.74, 6) is 1.37. The highest BCUT2D eigenvalue weighted by Gasteiger charge is 2.15. The van der Waals surface area contributed by atoms with Gasteiger partial charge in [0.15, 0.2) is 5.96 Å². The van der Waals surface area contributed by atoms with Gasteiger partial charge in [-0.1, -0.05) is 23.7 Å². The van der Waals surface area contributed by atoms with Gasteiger partial charge in [-0.05, 0) is 30.5 Å². The van der Waals surface area contributed by atoms with Crippen molar-refractivity contribution in [1.82, 2.24) is 10.6 Å². The fourth-order valence-electron chi connectivity index (χ4n) is 2.40. The molecule has 1 fully saturated rings. The standard InChI is InChI=1S/C17H26ClN3O2.HI/c1-19-17(21-11-14-4-2-5-16(18)10-14)20-7-3-8-22-12-15-6-9-23-13-15;/h2,4-5,10,15H,3,6-9,11-13H2,1H3,(H2,19,20,21);1H. The number of hydrogen-bond acceptors (Lipinski definition) is 3. The number of rotatable bonds is 8. The van der Waals surface area contributed by atoms with Crippen LogP contribution >= 0.6 is 35.6 Å². The van der Waals surface area contributed by atoms with E-state index in [4.69, 9.17) is 21.1 Å². The molecule has 1 aliphatic rings. The minimum absolute atomic E-state index is 0. The van der Waals surface area contributed by atoms with Crippen LogP contribution in [0, 0.1) is 5.92 Å². The topological polar surface area (TPSA) is 54.9 Å². The molecule has 24 heavy (non-hydrogen) atoms. The van der Waals surface area contributed by atoms with Crippen LogP contribution in [-0.4, -0.2) is 46.0 Å². The zero-order valence-corrected chi connectivity index (χ0v) is 17.2. The Bertz CT molecular complexity index is 496. The van der Waals surface area contributed by atoms with Crippen molar-refractivity contribution in [3.05, 3.63) is 34.9 Å². The molecule has 7 heteroatoms. The van der Waals surface area contributed by atoms with Gasteiger partial charge in [0.05, 0.1) is 13.2 Å². The molecule has 1 aromatic carbocycles. The number of hydrogen-bond donors (Lipinski definition) is 2. The van der Waals surface area contributed by atoms with E-state index in [0.29, 0.717) is 12.5 Å². The van der Waals surface area contributed by atoms with Crippen LogP contribution in [-0.2, 0) is 16.0 Å². The SMILES string of the molecule is CN=C(NCCCOCC1CCOC1)NCc1cccc(Cl)c1.I. The maximum Gasteiger partial charge on any atom is 0.191 e. The van der Waals surface area contributed by atoms with Crippen molar-refractivity contribution in [2.75, 3.05) is 40.0 Å². The predicted octanol–water partition coefficient (Wildman–Crippen LogP) is 3.07. The third-order valence-electron chi connectivity index (χ3n) is 3.71. The summed E-state index contributed by atoms with van der Waals surface area (Å²) in [6.45, 7) is 4.81. The van der Waals surface area contributed by atoms with Gasteiger partial charge < -0.3 is 20.1 Å². The van der Waals surface area contributed by atoms with Gasteiger partial charge in [0, 0.05) is 44.3 Å². The zero-order chi connectivity index (χ0) is 16.3. The minimum atomic E-state index is 0. The van der Waals surface area contributed by atoms with Crippen LogP contribution < -0.4 is 10.6 Å². The molecule has 1 atom stereocenters. The second kappa shape index (κ2) is 12.7. The molecule has 0 amide bonds. The fraction of sp³-hybridized carbons (Fsp3) is 0.588. The number of nitrogens with zero attached hydrogens (tertiary/aromatic N) is 1. The van der Waals surface area contributed by atoms with Crippen LogP contribution in [0.3, 0.4) is 0 Å². The maximum atomic E-state index is 5.98. The second-order valence-corrected chi connectivity index (χ2v) is 6.08. The van der Waals surface area contributed by atoms with Crippen molar-refractivity contribution in [3.63, 3.8) is 0 Å². The summed E-state index contributed by atoms with van der Waals surface area (Å²) in [4.78, 5) is 4.21. The molecule has 0 aromatic heterocycles. The smallest absolute Gasteiger partial charge is 0.191 e. The molecule has 5 nitrogen and oxygen atoms in total. The Morgan fingerprint density at radius 3 is 3.00 bits per heavy atom. The Morgan fingerprint density at radius 1 is 1.42 bits per heavy atom. The largest absolute Gasteiger partial charge is 0.381 e. The first-order valence-electron chi connectivity index (χ1n) is 8.12. The third-order valence-corrected chi connectivity index (χ3v) is 3.94. The van der Waals surface area contributed by atoms with Crippen LogP contribution in [0.2, 0.25) is 5.02 Å². The average molecular weight is 468 g/mol. The Morgan fingerprint density at radius 2 is 2.29 bits per heavy atom. The highest BCUT2D eigenvalue weighted by Crippen LogP contribution is 2.12. The van der Waals surface area contributed by atoms with Crippen molar-refractivity contribution >= 4 is 41.5 Å². The molecule has 1 aromatic rings. The van der Waals surface area contributed by atoms with Gasteiger partial charge in [-0.3, -0.25) is 4.99 Å². The highest BCUT2D eigenvalue weighted by atomic mass is 127. The number of benzene rings is 1. The van der Waals surface area contributed by atoms with Crippen molar-refractivity contribution in [2.24, 2.45) is 10.9 Å². The van der Waals surface area contributed by atoms with Gasteiger partial charge in [-0.15, -0.1) is 24.0 Å². The molecule has 2 N–H and O–H groups in total. The van der Waals surface area contributed by atoms with Gasteiger partial charge in [-0.2, -0.15) is 0 Å². The predicted molar refractivity (Wildman–Crippen MR) is 109 cm³/mol. The summed E-state index contributed by atoms with van der Waals surface area (Å²) in [5, 5.41) is 7.30. The van der Waals surface area contributed by atoms with Gasteiger partial charge in [0.25, 0.3) is 0 Å². The molecule has 0 aliphatic carbocycles. The number of ether oxygens (including phenoxy) is 2. The van der Waals surface area contributed by atoms with Crippen LogP contribution in [0.25, 0.3) is 0 Å². The lowest BCUT2D eigenvalue weighted by atomic mass is 10.1. The van der Waals surface area contributed by atoms with Crippen LogP contribution in [0.1, 0.15) is 18.4 Å². The lowest BCUT2D eigenvalue weighted by Crippen LogP contribution is -2.37. The van der Waals surface area contributed by atoms with Crippen molar-refractivity contribution in [3.8, 4) is 0 Å². The third kappa shape index (κ3) is 8.50. The number of aliphatic imine (C=N–C) groups is 1. The van der Waals surface area contributed by atoms with E-state index in [1.54, 1.807) is 7.05 Å². The van der Waals surface area contributed by atoms with E-state index in [1.165, 1.54) is 0 Å². The fourth-order valence-corrected chi connectivity index (χ4v) is 2.61. The highest BCUT2D eigenvalue weighted by molar-refractivity contribution is 14.0. The first-order valence-corrected chi connectivity index (χ1v) is 8.50. The molecule has 1 aliphatic heterocycles. The first-order chi connectivity index (χ1) is 11.3. The number of nitrogens with one attached hydrogen (secondary N) is 2. The van der Waals surface area contributed by atoms with Gasteiger partial charge in [-0.25, -0.2) is 0 Å². The first kappa shape index (κ1) is 21.5. The molecule has 0 radical (unpaired) electrons. The van der Waals surface area contributed by atoms with Crippen LogP contribution in [0.5, 0.6) is 0 Å². The Labute approximate surface area is 166 Å². The Hall–Kier alpha value is -0.570. The monoisotopic (exact) mass is 467 g/mol. The minimum Gasteiger partial charge on any atom is -0.381 e. The van der Waals surface area contributed by atoms with E-state index in [9.17, 15) is 0 Å². The lowest BCUT2D eigenvalue weighted by Gasteiger charge is -2.13. The van der Waals surface area contributed by atoms with Gasteiger partial charge >= 0.3 is 0 Å². The van der Waals surface area contributed by atoms with E-state index in [2.05, 4.69) is 15.6 Å². The summed E-state index contributed by atoms with van der Waals surface area (Å²) in [5.41, 5.74) is 1.13. The van der Waals surface area contributed by atoms with Crippen LogP contribution in [0.15, 0.2) is 29.3 Å². The van der Waals surface area contributed by atoms with E-state index in [-0.39, 0.29) is 24.0 Å². The molecular weight excluding hydrogens is 441 g/mol. The van der Waals surface area contributed by atoms with E-state index in [1.807, 2.05) is 24.3 Å². The number of halogens is 2. The normalized spacial score (nSPS) is 17.4. The molecule has 2 rings (SSSR count). The molecule has 136 valence electrons. The molecule has 1 unspecified atom stereocenters. The van der Waals surface area contributed by atoms with E-state index >= 15 is 0 Å². The molecule has 0 spiro atoms. The Balaban J connectivity index is 0.00000288. The van der Waals surface area contributed by atoms with E-state index in [0.717, 1.165) is 62.4 Å². The summed E-state index contributed by atoms with van der Waals surface area (Å²) in [6, 6.07) is 7.80. The van der Waals surface area contributed by atoms with Crippen LogP contribution in [0.4, 0.5) is 0 Å². The van der Waals surface area contributed by atoms with Crippen molar-refractivity contribution < 1.29 is 9.47 Å². The van der Waals surface area contributed by atoms with Gasteiger partial charge in [0.2, 0.25) is 0 Å². The van der Waals surface area contributed by atoms with Crippen molar-refractivity contribution in [1.29, 1.82) is 0 Å². The maximum absolute atomic E-state index is 5.98. The average Bonchev–Trinajstić information content (AvgIpc) is 3.07. The molecule has 1 saturated heterocycles. The summed E-state index contributed by atoms with van der Waals surface area (Å²) < 4.78 is 11.0. The lowest BCUT2D eigenvalue weighted by molar-refractivity contribution is 0.0888. The van der Waals surface area contributed by atoms with Gasteiger partial charge in [0.1, 0.15) is 0 Å². The zero-order valence-electron chi connectivity index (χ0n) is 14.1. The quantitative estimate of drug-likeness (QED) is 0.267. The summed E-state index contributed by atoms with van der Waals surface area (Å²) >= 11 is 5.98.